The molecule has 0 aliphatic rings. The van der Waals surface area contributed by atoms with E-state index in [-0.39, 0.29) is 0 Å². The van der Waals surface area contributed by atoms with Crippen molar-refractivity contribution in [1.29, 1.82) is 0 Å². The van der Waals surface area contributed by atoms with Crippen molar-refractivity contribution in [3.8, 4) is 0 Å². The smallest absolute Gasteiger partial charge is 0.0593 e. The summed E-state index contributed by atoms with van der Waals surface area (Å²) < 4.78 is 5.36. The minimum Gasteiger partial charge on any atom is -0.380 e. The molecule has 1 unspecified atom stereocenters. The zero-order valence-electron chi connectivity index (χ0n) is 11.9. The lowest BCUT2D eigenvalue weighted by Gasteiger charge is -2.21. The molecule has 0 amide bonds. The first-order valence-electron chi connectivity index (χ1n) is 6.76. The van der Waals surface area contributed by atoms with Crippen LogP contribution in [-0.2, 0) is 4.74 Å². The third-order valence-corrected chi connectivity index (χ3v) is 3.17. The number of hydrogen-bond donors (Lipinski definition) is 1. The minimum absolute atomic E-state index is 0.431. The minimum atomic E-state index is 0.431. The van der Waals surface area contributed by atoms with Crippen LogP contribution >= 0.6 is 0 Å². The summed E-state index contributed by atoms with van der Waals surface area (Å²) in [5.41, 5.74) is 1.36. The zero-order chi connectivity index (χ0) is 13.2. The molecule has 0 saturated heterocycles. The molecular formula is C15H26N2O. The van der Waals surface area contributed by atoms with Crippen LogP contribution in [0.2, 0.25) is 0 Å². The van der Waals surface area contributed by atoms with Crippen molar-refractivity contribution in [2.75, 3.05) is 40.4 Å². The Bertz CT molecular complexity index is 303. The van der Waals surface area contributed by atoms with E-state index in [1.807, 2.05) is 14.0 Å². The van der Waals surface area contributed by atoms with Crippen LogP contribution in [0.3, 0.4) is 0 Å². The first kappa shape index (κ1) is 15.2. The van der Waals surface area contributed by atoms with Crippen molar-refractivity contribution in [3.05, 3.63) is 35.9 Å². The SMILES string of the molecule is CCOCCN(C)CCC(NC)c1ccccc1. The normalized spacial score (nSPS) is 12.9. The Kier molecular flexibility index (Phi) is 7.65. The van der Waals surface area contributed by atoms with Crippen molar-refractivity contribution in [1.82, 2.24) is 10.2 Å². The van der Waals surface area contributed by atoms with E-state index in [0.29, 0.717) is 6.04 Å². The number of likely N-dealkylation sites (N-methyl/N-ethyl adjacent to an activating group) is 1. The van der Waals surface area contributed by atoms with Crippen LogP contribution in [0.1, 0.15) is 24.9 Å². The van der Waals surface area contributed by atoms with Gasteiger partial charge in [-0.05, 0) is 39.5 Å². The van der Waals surface area contributed by atoms with Gasteiger partial charge in [-0.25, -0.2) is 0 Å². The molecule has 0 aliphatic heterocycles. The van der Waals surface area contributed by atoms with Crippen LogP contribution in [0.15, 0.2) is 30.3 Å². The monoisotopic (exact) mass is 250 g/mol. The molecule has 1 atom stereocenters. The Morgan fingerprint density at radius 1 is 1.22 bits per heavy atom. The molecule has 3 nitrogen and oxygen atoms in total. The molecule has 0 spiro atoms. The second-order valence-corrected chi connectivity index (χ2v) is 4.54. The van der Waals surface area contributed by atoms with Crippen molar-refractivity contribution >= 4 is 0 Å². The Labute approximate surface area is 111 Å². The number of nitrogens with zero attached hydrogens (tertiary/aromatic N) is 1. The van der Waals surface area contributed by atoms with Crippen LogP contribution < -0.4 is 5.32 Å². The van der Waals surface area contributed by atoms with Gasteiger partial charge in [0.25, 0.3) is 0 Å². The number of rotatable bonds is 9. The average Bonchev–Trinajstić information content (AvgIpc) is 2.41. The first-order chi connectivity index (χ1) is 8.77. The van der Waals surface area contributed by atoms with Gasteiger partial charge in [0.15, 0.2) is 0 Å². The fourth-order valence-electron chi connectivity index (χ4n) is 1.99. The summed E-state index contributed by atoms with van der Waals surface area (Å²) in [5, 5.41) is 3.38. The van der Waals surface area contributed by atoms with E-state index in [0.717, 1.165) is 32.7 Å². The Morgan fingerprint density at radius 3 is 2.56 bits per heavy atom. The van der Waals surface area contributed by atoms with Crippen LogP contribution in [0.5, 0.6) is 0 Å². The molecule has 102 valence electrons. The summed E-state index contributed by atoms with van der Waals surface area (Å²) in [6, 6.07) is 11.0. The summed E-state index contributed by atoms with van der Waals surface area (Å²) in [7, 11) is 4.18. The molecule has 0 bridgehead atoms. The van der Waals surface area contributed by atoms with Crippen LogP contribution in [0.25, 0.3) is 0 Å². The second kappa shape index (κ2) is 9.09. The number of ether oxygens (including phenoxy) is 1. The van der Waals surface area contributed by atoms with Gasteiger partial charge in [-0.3, -0.25) is 0 Å². The second-order valence-electron chi connectivity index (χ2n) is 4.54. The van der Waals surface area contributed by atoms with Crippen molar-refractivity contribution in [3.63, 3.8) is 0 Å². The lowest BCUT2D eigenvalue weighted by molar-refractivity contribution is 0.121. The Hall–Kier alpha value is -0.900. The van der Waals surface area contributed by atoms with Gasteiger partial charge in [0.2, 0.25) is 0 Å². The van der Waals surface area contributed by atoms with Crippen LogP contribution in [0.4, 0.5) is 0 Å². The molecular weight excluding hydrogens is 224 g/mol. The number of benzene rings is 1. The molecule has 1 rings (SSSR count). The molecule has 1 aromatic carbocycles. The van der Waals surface area contributed by atoms with Crippen LogP contribution in [0, 0.1) is 0 Å². The molecule has 18 heavy (non-hydrogen) atoms. The lowest BCUT2D eigenvalue weighted by atomic mass is 10.0. The third-order valence-electron chi connectivity index (χ3n) is 3.17. The maximum absolute atomic E-state index is 5.36. The predicted octanol–water partition coefficient (Wildman–Crippen LogP) is 2.31. The first-order valence-corrected chi connectivity index (χ1v) is 6.76. The standard InChI is InChI=1S/C15H26N2O/c1-4-18-13-12-17(3)11-10-15(16-2)14-8-6-5-7-9-14/h5-9,15-16H,4,10-13H2,1-3H3. The largest absolute Gasteiger partial charge is 0.380 e. The summed E-state index contributed by atoms with van der Waals surface area (Å²) in [6.07, 6.45) is 1.11. The molecule has 0 aliphatic carbocycles. The maximum atomic E-state index is 5.36. The average molecular weight is 250 g/mol. The van der Waals surface area contributed by atoms with Gasteiger partial charge in [-0.1, -0.05) is 30.3 Å². The van der Waals surface area contributed by atoms with E-state index in [9.17, 15) is 0 Å². The maximum Gasteiger partial charge on any atom is 0.0593 e. The number of hydrogen-bond acceptors (Lipinski definition) is 3. The van der Waals surface area contributed by atoms with Crippen LogP contribution in [-0.4, -0.2) is 45.3 Å². The van der Waals surface area contributed by atoms with Gasteiger partial charge in [0.05, 0.1) is 6.61 Å². The fourth-order valence-corrected chi connectivity index (χ4v) is 1.99. The van der Waals surface area contributed by atoms with E-state index in [1.165, 1.54) is 5.56 Å². The molecule has 0 radical (unpaired) electrons. The Balaban J connectivity index is 2.31. The highest BCUT2D eigenvalue weighted by atomic mass is 16.5. The van der Waals surface area contributed by atoms with E-state index in [2.05, 4.69) is 47.6 Å². The zero-order valence-corrected chi connectivity index (χ0v) is 11.9. The summed E-state index contributed by atoms with van der Waals surface area (Å²) in [5.74, 6) is 0. The molecule has 1 N–H and O–H groups in total. The molecule has 0 heterocycles. The third kappa shape index (κ3) is 5.63. The molecule has 0 fully saturated rings. The van der Waals surface area contributed by atoms with Gasteiger partial charge in [-0.2, -0.15) is 0 Å². The van der Waals surface area contributed by atoms with E-state index < -0.39 is 0 Å². The summed E-state index contributed by atoms with van der Waals surface area (Å²) in [6.45, 7) is 5.73. The molecule has 1 aromatic rings. The Morgan fingerprint density at radius 2 is 1.94 bits per heavy atom. The summed E-state index contributed by atoms with van der Waals surface area (Å²) >= 11 is 0. The summed E-state index contributed by atoms with van der Waals surface area (Å²) in [4.78, 5) is 2.32. The van der Waals surface area contributed by atoms with Crippen molar-refractivity contribution in [2.45, 2.75) is 19.4 Å². The fraction of sp³-hybridized carbons (Fsp3) is 0.600. The predicted molar refractivity (Wildman–Crippen MR) is 76.8 cm³/mol. The van der Waals surface area contributed by atoms with Gasteiger partial charge in [-0.15, -0.1) is 0 Å². The molecule has 0 saturated carbocycles. The van der Waals surface area contributed by atoms with Gasteiger partial charge >= 0.3 is 0 Å². The number of nitrogens with one attached hydrogen (secondary N) is 1. The topological polar surface area (TPSA) is 24.5 Å². The highest BCUT2D eigenvalue weighted by Gasteiger charge is 2.09. The quantitative estimate of drug-likeness (QED) is 0.681. The van der Waals surface area contributed by atoms with Gasteiger partial charge in [0.1, 0.15) is 0 Å². The lowest BCUT2D eigenvalue weighted by Crippen LogP contribution is -2.28. The highest BCUT2D eigenvalue weighted by Crippen LogP contribution is 2.15. The van der Waals surface area contributed by atoms with Crippen molar-refractivity contribution in [2.24, 2.45) is 0 Å². The van der Waals surface area contributed by atoms with E-state index in [4.69, 9.17) is 4.74 Å². The molecule has 0 aromatic heterocycles. The van der Waals surface area contributed by atoms with E-state index >= 15 is 0 Å². The highest BCUT2D eigenvalue weighted by molar-refractivity contribution is 5.18. The van der Waals surface area contributed by atoms with Crippen molar-refractivity contribution < 1.29 is 4.74 Å². The molecule has 3 heteroatoms. The van der Waals surface area contributed by atoms with Gasteiger partial charge < -0.3 is 15.0 Å². The van der Waals surface area contributed by atoms with Gasteiger partial charge in [0, 0.05) is 19.2 Å². The van der Waals surface area contributed by atoms with E-state index in [1.54, 1.807) is 0 Å².